The lowest BCUT2D eigenvalue weighted by molar-refractivity contribution is 0.0956. The number of amides is 1. The quantitative estimate of drug-likeness (QED) is 0.781. The summed E-state index contributed by atoms with van der Waals surface area (Å²) < 4.78 is 4.95. The van der Waals surface area contributed by atoms with Gasteiger partial charge in [-0.15, -0.1) is 16.4 Å². The van der Waals surface area contributed by atoms with Crippen LogP contribution in [0.3, 0.4) is 0 Å². The second kappa shape index (κ2) is 6.44. The molecular formula is C12H16N4O2S. The number of nitrogens with zero attached hydrogens (tertiary/aromatic N) is 2. The van der Waals surface area contributed by atoms with E-state index in [2.05, 4.69) is 15.5 Å². The Morgan fingerprint density at radius 2 is 2.37 bits per heavy atom. The molecule has 0 aliphatic carbocycles. The molecule has 6 nitrogen and oxygen atoms in total. The fourth-order valence-corrected chi connectivity index (χ4v) is 2.65. The number of methoxy groups -OCH3 is 1. The Kier molecular flexibility index (Phi) is 4.64. The van der Waals surface area contributed by atoms with Crippen molar-refractivity contribution < 1.29 is 9.53 Å². The van der Waals surface area contributed by atoms with Crippen LogP contribution in [0.4, 0.5) is 5.69 Å². The van der Waals surface area contributed by atoms with Gasteiger partial charge in [0.25, 0.3) is 5.91 Å². The van der Waals surface area contributed by atoms with E-state index < -0.39 is 0 Å². The van der Waals surface area contributed by atoms with Gasteiger partial charge in [0.15, 0.2) is 0 Å². The standard InChI is InChI=1S/C12H16N4O2S/c1-18-7-3-2-5-14-11(17)10-9(13)8-4-6-15-16-12(8)19-10/h4,6H,2-3,5,7,13H2,1H3,(H,14,17). The first kappa shape index (κ1) is 13.7. The van der Waals surface area contributed by atoms with E-state index in [4.69, 9.17) is 10.5 Å². The van der Waals surface area contributed by atoms with Crippen LogP contribution in [0.2, 0.25) is 0 Å². The van der Waals surface area contributed by atoms with Crippen LogP contribution < -0.4 is 11.1 Å². The van der Waals surface area contributed by atoms with Gasteiger partial charge in [-0.2, -0.15) is 5.10 Å². The molecule has 0 aromatic carbocycles. The lowest BCUT2D eigenvalue weighted by Gasteiger charge is -2.03. The Morgan fingerprint density at radius 1 is 1.53 bits per heavy atom. The van der Waals surface area contributed by atoms with E-state index in [1.807, 2.05) is 0 Å². The van der Waals surface area contributed by atoms with Gasteiger partial charge in [0.1, 0.15) is 9.71 Å². The smallest absolute Gasteiger partial charge is 0.263 e. The number of nitrogens with one attached hydrogen (secondary N) is 1. The first-order valence-corrected chi connectivity index (χ1v) is 6.82. The van der Waals surface area contributed by atoms with Gasteiger partial charge in [-0.25, -0.2) is 0 Å². The number of carbonyl (C=O) groups excluding carboxylic acids is 1. The molecule has 2 rings (SSSR count). The van der Waals surface area contributed by atoms with Crippen molar-refractivity contribution in [3.63, 3.8) is 0 Å². The first-order valence-electron chi connectivity index (χ1n) is 6.01. The summed E-state index contributed by atoms with van der Waals surface area (Å²) in [6.07, 6.45) is 3.37. The lowest BCUT2D eigenvalue weighted by atomic mass is 10.2. The van der Waals surface area contributed by atoms with E-state index in [9.17, 15) is 4.79 Å². The minimum absolute atomic E-state index is 0.155. The van der Waals surface area contributed by atoms with Gasteiger partial charge in [0.05, 0.1) is 11.9 Å². The van der Waals surface area contributed by atoms with Crippen molar-refractivity contribution in [2.75, 3.05) is 26.0 Å². The van der Waals surface area contributed by atoms with Crippen LogP contribution in [-0.4, -0.2) is 36.4 Å². The average molecular weight is 280 g/mol. The van der Waals surface area contributed by atoms with Crippen molar-refractivity contribution in [2.45, 2.75) is 12.8 Å². The zero-order valence-corrected chi connectivity index (χ0v) is 11.5. The van der Waals surface area contributed by atoms with Crippen molar-refractivity contribution in [1.82, 2.24) is 15.5 Å². The molecule has 0 aliphatic heterocycles. The number of nitrogens with two attached hydrogens (primary N) is 1. The molecule has 3 N–H and O–H groups in total. The highest BCUT2D eigenvalue weighted by molar-refractivity contribution is 7.21. The van der Waals surface area contributed by atoms with Gasteiger partial charge in [-0.3, -0.25) is 4.79 Å². The fraction of sp³-hybridized carbons (Fsp3) is 0.417. The number of thiophene rings is 1. The normalized spacial score (nSPS) is 10.8. The molecule has 0 radical (unpaired) electrons. The third-order valence-corrected chi connectivity index (χ3v) is 3.79. The summed E-state index contributed by atoms with van der Waals surface area (Å²) >= 11 is 1.26. The number of fused-ring (bicyclic) bond motifs is 1. The molecular weight excluding hydrogens is 264 g/mol. The molecule has 0 bridgehead atoms. The number of hydrogen-bond acceptors (Lipinski definition) is 6. The van der Waals surface area contributed by atoms with E-state index in [-0.39, 0.29) is 5.91 Å². The minimum Gasteiger partial charge on any atom is -0.397 e. The number of hydrogen-bond donors (Lipinski definition) is 2. The van der Waals surface area contributed by atoms with Gasteiger partial charge in [-0.05, 0) is 18.9 Å². The number of unbranched alkanes of at least 4 members (excludes halogenated alkanes) is 1. The maximum Gasteiger partial charge on any atom is 0.263 e. The largest absolute Gasteiger partial charge is 0.397 e. The number of anilines is 1. The Labute approximate surface area is 115 Å². The van der Waals surface area contributed by atoms with Crippen LogP contribution in [0.15, 0.2) is 12.3 Å². The molecule has 0 fully saturated rings. The first-order chi connectivity index (χ1) is 9.24. The molecule has 0 saturated heterocycles. The number of aromatic nitrogens is 2. The van der Waals surface area contributed by atoms with E-state index >= 15 is 0 Å². The molecule has 2 heterocycles. The van der Waals surface area contributed by atoms with Crippen LogP contribution in [0.25, 0.3) is 10.2 Å². The number of carbonyl (C=O) groups is 1. The molecule has 0 saturated carbocycles. The van der Waals surface area contributed by atoms with E-state index in [0.29, 0.717) is 28.5 Å². The van der Waals surface area contributed by atoms with Crippen LogP contribution in [0.5, 0.6) is 0 Å². The molecule has 0 aliphatic rings. The zero-order chi connectivity index (χ0) is 13.7. The van der Waals surface area contributed by atoms with Crippen LogP contribution in [0.1, 0.15) is 22.5 Å². The second-order valence-electron chi connectivity index (χ2n) is 4.05. The average Bonchev–Trinajstić information content (AvgIpc) is 2.76. The fourth-order valence-electron chi connectivity index (χ4n) is 1.70. The van der Waals surface area contributed by atoms with Crippen molar-refractivity contribution in [3.8, 4) is 0 Å². The van der Waals surface area contributed by atoms with Gasteiger partial charge < -0.3 is 15.8 Å². The topological polar surface area (TPSA) is 90.1 Å². The predicted molar refractivity (Wildman–Crippen MR) is 75.3 cm³/mol. The highest BCUT2D eigenvalue weighted by Crippen LogP contribution is 2.31. The Morgan fingerprint density at radius 3 is 3.11 bits per heavy atom. The van der Waals surface area contributed by atoms with Crippen LogP contribution in [0, 0.1) is 0 Å². The molecule has 0 spiro atoms. The molecule has 7 heteroatoms. The van der Waals surface area contributed by atoms with E-state index in [1.54, 1.807) is 19.4 Å². The third-order valence-electron chi connectivity index (χ3n) is 2.69. The maximum atomic E-state index is 12.0. The van der Waals surface area contributed by atoms with Gasteiger partial charge in [0.2, 0.25) is 0 Å². The third kappa shape index (κ3) is 3.18. The number of ether oxygens (including phenoxy) is 1. The molecule has 2 aromatic heterocycles. The Balaban J connectivity index is 1.99. The van der Waals surface area contributed by atoms with E-state index in [1.165, 1.54) is 11.3 Å². The summed E-state index contributed by atoms with van der Waals surface area (Å²) in [5, 5.41) is 11.4. The van der Waals surface area contributed by atoms with E-state index in [0.717, 1.165) is 18.2 Å². The minimum atomic E-state index is -0.155. The van der Waals surface area contributed by atoms with Crippen molar-refractivity contribution >= 4 is 33.1 Å². The summed E-state index contributed by atoms with van der Waals surface area (Å²) in [5.74, 6) is -0.155. The maximum absolute atomic E-state index is 12.0. The highest BCUT2D eigenvalue weighted by atomic mass is 32.1. The number of nitrogen functional groups attached to an aromatic ring is 1. The summed E-state index contributed by atoms with van der Waals surface area (Å²) in [7, 11) is 1.66. The summed E-state index contributed by atoms with van der Waals surface area (Å²) in [5.41, 5.74) is 6.43. The zero-order valence-electron chi connectivity index (χ0n) is 10.7. The number of rotatable bonds is 6. The SMILES string of the molecule is COCCCCNC(=O)c1sc2nnccc2c1N. The highest BCUT2D eigenvalue weighted by Gasteiger charge is 2.16. The molecule has 2 aromatic rings. The van der Waals surface area contributed by atoms with Crippen molar-refractivity contribution in [2.24, 2.45) is 0 Å². The molecule has 0 unspecified atom stereocenters. The second-order valence-corrected chi connectivity index (χ2v) is 5.05. The van der Waals surface area contributed by atoms with Crippen molar-refractivity contribution in [1.29, 1.82) is 0 Å². The molecule has 19 heavy (non-hydrogen) atoms. The molecule has 0 atom stereocenters. The summed E-state index contributed by atoms with van der Waals surface area (Å²) in [4.78, 5) is 13.2. The summed E-state index contributed by atoms with van der Waals surface area (Å²) in [6, 6.07) is 1.77. The van der Waals surface area contributed by atoms with Gasteiger partial charge >= 0.3 is 0 Å². The van der Waals surface area contributed by atoms with Crippen LogP contribution in [-0.2, 0) is 4.74 Å². The molecule has 1 amide bonds. The van der Waals surface area contributed by atoms with Gasteiger partial charge in [-0.1, -0.05) is 0 Å². The monoisotopic (exact) mass is 280 g/mol. The predicted octanol–water partition coefficient (Wildman–Crippen LogP) is 1.43. The van der Waals surface area contributed by atoms with Gasteiger partial charge in [0, 0.05) is 25.6 Å². The van der Waals surface area contributed by atoms with Crippen molar-refractivity contribution in [3.05, 3.63) is 17.1 Å². The lowest BCUT2D eigenvalue weighted by Crippen LogP contribution is -2.24. The molecule has 102 valence electrons. The van der Waals surface area contributed by atoms with Crippen LogP contribution >= 0.6 is 11.3 Å². The Bertz CT molecular complexity index is 570. The Hall–Kier alpha value is -1.73. The summed E-state index contributed by atoms with van der Waals surface area (Å²) in [6.45, 7) is 1.32.